The molecule has 0 unspecified atom stereocenters. The van der Waals surface area contributed by atoms with Gasteiger partial charge < -0.3 is 10.2 Å². The zero-order valence-corrected chi connectivity index (χ0v) is 15.5. The van der Waals surface area contributed by atoms with Crippen LogP contribution in [0.25, 0.3) is 0 Å². The molecule has 25 heavy (non-hydrogen) atoms. The first-order valence-corrected chi connectivity index (χ1v) is 10.2. The van der Waals surface area contributed by atoms with Gasteiger partial charge in [0.1, 0.15) is 12.4 Å². The molecule has 8 atom stereocenters. The van der Waals surface area contributed by atoms with Gasteiger partial charge in [0.25, 0.3) is 0 Å². The molecule has 0 aromatic heterocycles. The van der Waals surface area contributed by atoms with Crippen molar-refractivity contribution in [2.45, 2.75) is 71.3 Å². The van der Waals surface area contributed by atoms with Crippen LogP contribution in [0.5, 0.6) is 0 Å². The second kappa shape index (κ2) is 5.88. The number of aliphatic hydroxyl groups excluding tert-OH is 2. The molecular weight excluding hydrogens is 316 g/mol. The molecule has 4 aliphatic carbocycles. The van der Waals surface area contributed by atoms with Crippen molar-refractivity contribution < 1.29 is 19.8 Å². The molecule has 4 fully saturated rings. The molecule has 0 saturated heterocycles. The zero-order valence-electron chi connectivity index (χ0n) is 15.5. The van der Waals surface area contributed by atoms with Crippen LogP contribution in [0.2, 0.25) is 0 Å². The second-order valence-electron chi connectivity index (χ2n) is 9.86. The second-order valence-corrected chi connectivity index (χ2v) is 9.86. The minimum Gasteiger partial charge on any atom is -0.393 e. The van der Waals surface area contributed by atoms with Gasteiger partial charge in [-0.05, 0) is 73.5 Å². The van der Waals surface area contributed by atoms with E-state index in [1.165, 1.54) is 0 Å². The molecule has 140 valence electrons. The topological polar surface area (TPSA) is 74.6 Å². The third kappa shape index (κ3) is 2.39. The fourth-order valence-electron chi connectivity index (χ4n) is 7.69. The smallest absolute Gasteiger partial charge is 0.161 e. The van der Waals surface area contributed by atoms with Gasteiger partial charge in [-0.1, -0.05) is 13.8 Å². The Bertz CT molecular complexity index is 586. The molecule has 4 rings (SSSR count). The zero-order chi connectivity index (χ0) is 18.0. The number of ketones is 2. The van der Waals surface area contributed by atoms with Gasteiger partial charge in [-0.15, -0.1) is 0 Å². The van der Waals surface area contributed by atoms with Crippen molar-refractivity contribution in [1.82, 2.24) is 0 Å². The molecule has 4 nitrogen and oxygen atoms in total. The van der Waals surface area contributed by atoms with Gasteiger partial charge in [-0.25, -0.2) is 0 Å². The summed E-state index contributed by atoms with van der Waals surface area (Å²) in [6, 6.07) is 0. The highest BCUT2D eigenvalue weighted by Gasteiger charge is 2.63. The van der Waals surface area contributed by atoms with E-state index in [0.717, 1.165) is 44.9 Å². The average Bonchev–Trinajstić information content (AvgIpc) is 2.91. The van der Waals surface area contributed by atoms with Gasteiger partial charge in [0.05, 0.1) is 6.10 Å². The third-order valence-corrected chi connectivity index (χ3v) is 8.87. The van der Waals surface area contributed by atoms with Gasteiger partial charge in [-0.3, -0.25) is 9.59 Å². The summed E-state index contributed by atoms with van der Waals surface area (Å²) in [5.41, 5.74) is -0.227. The van der Waals surface area contributed by atoms with Gasteiger partial charge in [0.2, 0.25) is 0 Å². The summed E-state index contributed by atoms with van der Waals surface area (Å²) in [4.78, 5) is 25.6. The quantitative estimate of drug-likeness (QED) is 0.805. The van der Waals surface area contributed by atoms with Crippen LogP contribution in [-0.2, 0) is 9.59 Å². The Morgan fingerprint density at radius 3 is 2.60 bits per heavy atom. The van der Waals surface area contributed by atoms with E-state index in [4.69, 9.17) is 0 Å². The van der Waals surface area contributed by atoms with E-state index in [9.17, 15) is 19.8 Å². The van der Waals surface area contributed by atoms with Crippen molar-refractivity contribution in [3.8, 4) is 0 Å². The van der Waals surface area contributed by atoms with Crippen LogP contribution >= 0.6 is 0 Å². The summed E-state index contributed by atoms with van der Waals surface area (Å²) in [6.45, 7) is 4.04. The van der Waals surface area contributed by atoms with Gasteiger partial charge in [-0.2, -0.15) is 0 Å². The normalized spacial score (nSPS) is 52.2. The van der Waals surface area contributed by atoms with E-state index in [1.54, 1.807) is 0 Å². The van der Waals surface area contributed by atoms with Crippen molar-refractivity contribution in [1.29, 1.82) is 0 Å². The summed E-state index contributed by atoms with van der Waals surface area (Å²) in [5, 5.41) is 19.5. The number of carbonyl (C=O) groups excluding carboxylic acids is 2. The Labute approximate surface area is 150 Å². The van der Waals surface area contributed by atoms with E-state index in [-0.39, 0.29) is 34.6 Å². The maximum Gasteiger partial charge on any atom is 0.161 e. The van der Waals surface area contributed by atoms with Crippen LogP contribution in [0.3, 0.4) is 0 Å². The summed E-state index contributed by atoms with van der Waals surface area (Å²) in [5.74, 6) is 1.52. The third-order valence-electron chi connectivity index (χ3n) is 8.87. The van der Waals surface area contributed by atoms with Crippen molar-refractivity contribution in [3.05, 3.63) is 0 Å². The van der Waals surface area contributed by atoms with Gasteiger partial charge >= 0.3 is 0 Å². The summed E-state index contributed by atoms with van der Waals surface area (Å²) >= 11 is 0. The Morgan fingerprint density at radius 1 is 1.12 bits per heavy atom. The average molecular weight is 348 g/mol. The van der Waals surface area contributed by atoms with Crippen LogP contribution in [0.1, 0.15) is 65.2 Å². The lowest BCUT2D eigenvalue weighted by molar-refractivity contribution is -0.162. The molecule has 0 bridgehead atoms. The molecule has 0 spiro atoms. The Hall–Kier alpha value is -0.740. The molecule has 0 heterocycles. The Morgan fingerprint density at radius 2 is 1.88 bits per heavy atom. The minimum atomic E-state index is -0.396. The number of Topliss-reactive ketones (excluding diaryl/α,β-unsaturated/α-hetero) is 2. The minimum absolute atomic E-state index is 0.0274. The Balaban J connectivity index is 1.66. The lowest BCUT2D eigenvalue weighted by atomic mass is 9.44. The first-order valence-electron chi connectivity index (χ1n) is 10.2. The van der Waals surface area contributed by atoms with Crippen LogP contribution in [-0.4, -0.2) is 34.5 Å². The van der Waals surface area contributed by atoms with Crippen LogP contribution < -0.4 is 0 Å². The van der Waals surface area contributed by atoms with Gasteiger partial charge in [0.15, 0.2) is 5.78 Å². The van der Waals surface area contributed by atoms with E-state index in [1.807, 2.05) is 0 Å². The lowest BCUT2D eigenvalue weighted by Crippen LogP contribution is -2.58. The number of hydrogen-bond acceptors (Lipinski definition) is 4. The van der Waals surface area contributed by atoms with E-state index < -0.39 is 6.61 Å². The first-order chi connectivity index (χ1) is 11.8. The monoisotopic (exact) mass is 348 g/mol. The van der Waals surface area contributed by atoms with Crippen LogP contribution in [0.15, 0.2) is 0 Å². The van der Waals surface area contributed by atoms with Crippen molar-refractivity contribution in [3.63, 3.8) is 0 Å². The van der Waals surface area contributed by atoms with Crippen molar-refractivity contribution in [2.24, 2.45) is 40.4 Å². The number of aliphatic hydroxyl groups is 2. The molecule has 4 heteroatoms. The maximum absolute atomic E-state index is 13.3. The Kier molecular flexibility index (Phi) is 4.16. The molecule has 4 aliphatic rings. The number of hydrogen-bond donors (Lipinski definition) is 2. The molecule has 0 aliphatic heterocycles. The van der Waals surface area contributed by atoms with E-state index >= 15 is 0 Å². The predicted molar refractivity (Wildman–Crippen MR) is 93.7 cm³/mol. The van der Waals surface area contributed by atoms with Crippen LogP contribution in [0, 0.1) is 40.4 Å². The summed E-state index contributed by atoms with van der Waals surface area (Å²) in [7, 11) is 0. The first kappa shape index (κ1) is 17.7. The predicted octanol–water partition coefficient (Wildman–Crippen LogP) is 2.75. The highest BCUT2D eigenvalue weighted by Crippen LogP contribution is 2.66. The number of rotatable bonds is 2. The molecule has 0 radical (unpaired) electrons. The maximum atomic E-state index is 13.3. The lowest BCUT2D eigenvalue weighted by Gasteiger charge is -2.59. The van der Waals surface area contributed by atoms with Gasteiger partial charge in [0, 0.05) is 18.3 Å². The molecular formula is C21H32O4. The molecule has 2 N–H and O–H groups in total. The molecule has 0 aromatic carbocycles. The molecule has 0 aromatic rings. The largest absolute Gasteiger partial charge is 0.393 e. The summed E-state index contributed by atoms with van der Waals surface area (Å²) < 4.78 is 0. The number of fused-ring (bicyclic) bond motifs is 5. The standard InChI is InChI=1S/C21H32O4/c1-20-8-7-13(23)9-12(20)3-4-14-15-5-6-16(18(25)11-22)21(15,2)10-17(24)19(14)20/h12-16,19,22-23H,3-11H2,1-2H3/t12-,13-,14+,15+,16-,19-,20-,21-/m0/s1. The van der Waals surface area contributed by atoms with Crippen molar-refractivity contribution in [2.75, 3.05) is 6.61 Å². The van der Waals surface area contributed by atoms with Crippen LogP contribution in [0.4, 0.5) is 0 Å². The fourth-order valence-corrected chi connectivity index (χ4v) is 7.69. The van der Waals surface area contributed by atoms with Crippen molar-refractivity contribution >= 4 is 11.6 Å². The highest BCUT2D eigenvalue weighted by atomic mass is 16.3. The van der Waals surface area contributed by atoms with E-state index in [2.05, 4.69) is 13.8 Å². The molecule has 4 saturated carbocycles. The summed E-state index contributed by atoms with van der Waals surface area (Å²) in [6.07, 6.45) is 6.93. The van der Waals surface area contributed by atoms with E-state index in [0.29, 0.717) is 30.0 Å². The fraction of sp³-hybridized carbons (Fsp3) is 0.905. The molecule has 0 amide bonds. The number of carbonyl (C=O) groups is 2. The highest BCUT2D eigenvalue weighted by molar-refractivity contribution is 5.88. The SMILES string of the molecule is C[C@]12CC[C@H](O)C[C@@H]1CC[C@@H]1[C@H]3CC[C@@H](C(=O)CO)[C@@]3(C)CC(=O)[C@H]12.